The van der Waals surface area contributed by atoms with Gasteiger partial charge in [0.25, 0.3) is 0 Å². The number of nitrogens with one attached hydrogen (secondary N) is 1. The summed E-state index contributed by atoms with van der Waals surface area (Å²) < 4.78 is 1.02. The minimum absolute atomic E-state index is 0.0165. The van der Waals surface area contributed by atoms with E-state index >= 15 is 0 Å². The van der Waals surface area contributed by atoms with Gasteiger partial charge < -0.3 is 10.2 Å². The molecule has 2 amide bonds. The van der Waals surface area contributed by atoms with E-state index in [0.29, 0.717) is 13.1 Å². The largest absolute Gasteiger partial charge is 0.353 e. The molecular formula is C13H15BrN2O2S. The van der Waals surface area contributed by atoms with Gasteiger partial charge in [-0.15, -0.1) is 11.8 Å². The van der Waals surface area contributed by atoms with Crippen LogP contribution in [0.4, 0.5) is 0 Å². The van der Waals surface area contributed by atoms with Gasteiger partial charge in [0.15, 0.2) is 0 Å². The lowest BCUT2D eigenvalue weighted by atomic mass is 10.3. The molecule has 1 fully saturated rings. The Hall–Kier alpha value is -1.01. The summed E-state index contributed by atoms with van der Waals surface area (Å²) in [5.41, 5.74) is 0. The number of nitrogens with zero attached hydrogens (tertiary/aromatic N) is 1. The maximum Gasteiger partial charge on any atom is 0.239 e. The number of benzene rings is 1. The zero-order chi connectivity index (χ0) is 13.8. The number of halogens is 1. The molecule has 0 unspecified atom stereocenters. The van der Waals surface area contributed by atoms with Crippen molar-refractivity contribution in [2.24, 2.45) is 0 Å². The topological polar surface area (TPSA) is 49.4 Å². The second kappa shape index (κ2) is 6.43. The third-order valence-corrected chi connectivity index (χ3v) is 4.45. The SMILES string of the molecule is C[C@H](Sc1ccc(Br)cc1)C(=O)N1CCNC(=O)C1. The van der Waals surface area contributed by atoms with Gasteiger partial charge in [-0.2, -0.15) is 0 Å². The monoisotopic (exact) mass is 342 g/mol. The first-order valence-electron chi connectivity index (χ1n) is 6.04. The van der Waals surface area contributed by atoms with E-state index in [1.54, 1.807) is 4.90 Å². The van der Waals surface area contributed by atoms with Crippen molar-refractivity contribution in [2.75, 3.05) is 19.6 Å². The van der Waals surface area contributed by atoms with Crippen LogP contribution in [-0.2, 0) is 9.59 Å². The van der Waals surface area contributed by atoms with Gasteiger partial charge >= 0.3 is 0 Å². The van der Waals surface area contributed by atoms with Crippen molar-refractivity contribution in [1.82, 2.24) is 10.2 Å². The summed E-state index contributed by atoms with van der Waals surface area (Å²) in [4.78, 5) is 26.2. The Morgan fingerprint density at radius 3 is 2.74 bits per heavy atom. The zero-order valence-electron chi connectivity index (χ0n) is 10.6. The van der Waals surface area contributed by atoms with Crippen molar-refractivity contribution in [3.05, 3.63) is 28.7 Å². The number of thioether (sulfide) groups is 1. The fourth-order valence-corrected chi connectivity index (χ4v) is 3.07. The Balaban J connectivity index is 1.95. The van der Waals surface area contributed by atoms with E-state index in [1.807, 2.05) is 31.2 Å². The van der Waals surface area contributed by atoms with Gasteiger partial charge in [0.2, 0.25) is 11.8 Å². The Morgan fingerprint density at radius 1 is 1.42 bits per heavy atom. The van der Waals surface area contributed by atoms with Crippen LogP contribution in [0.5, 0.6) is 0 Å². The fraction of sp³-hybridized carbons (Fsp3) is 0.385. The van der Waals surface area contributed by atoms with Gasteiger partial charge in [-0.1, -0.05) is 15.9 Å². The molecule has 0 aliphatic carbocycles. The van der Waals surface area contributed by atoms with Crippen molar-refractivity contribution < 1.29 is 9.59 Å². The number of hydrogen-bond acceptors (Lipinski definition) is 3. The number of carbonyl (C=O) groups excluding carboxylic acids is 2. The summed E-state index contributed by atoms with van der Waals surface area (Å²) in [7, 11) is 0. The lowest BCUT2D eigenvalue weighted by Crippen LogP contribution is -2.51. The highest BCUT2D eigenvalue weighted by molar-refractivity contribution is 9.10. The molecule has 1 aliphatic rings. The van der Waals surface area contributed by atoms with Crippen LogP contribution in [0.15, 0.2) is 33.6 Å². The summed E-state index contributed by atoms with van der Waals surface area (Å²) in [5, 5.41) is 2.53. The van der Waals surface area contributed by atoms with E-state index in [4.69, 9.17) is 0 Å². The molecule has 0 bridgehead atoms. The summed E-state index contributed by atoms with van der Waals surface area (Å²) in [6, 6.07) is 7.85. The number of piperazine rings is 1. The van der Waals surface area contributed by atoms with Gasteiger partial charge in [0.05, 0.1) is 11.8 Å². The minimum atomic E-state index is -0.188. The standard InChI is InChI=1S/C13H15BrN2O2S/c1-9(19-11-4-2-10(14)3-5-11)13(18)16-7-6-15-12(17)8-16/h2-5,9H,6-8H2,1H3,(H,15,17)/t9-/m0/s1. The quantitative estimate of drug-likeness (QED) is 0.853. The molecule has 0 spiro atoms. The first kappa shape index (κ1) is 14.4. The molecule has 1 aromatic rings. The predicted molar refractivity (Wildman–Crippen MR) is 79.1 cm³/mol. The Bertz CT molecular complexity index is 478. The Kier molecular flexibility index (Phi) is 4.87. The fourth-order valence-electron chi connectivity index (χ4n) is 1.85. The van der Waals surface area contributed by atoms with Crippen LogP contribution in [0.25, 0.3) is 0 Å². The average Bonchev–Trinajstić information content (AvgIpc) is 2.40. The van der Waals surface area contributed by atoms with E-state index in [1.165, 1.54) is 11.8 Å². The number of hydrogen-bond donors (Lipinski definition) is 1. The van der Waals surface area contributed by atoms with E-state index in [2.05, 4.69) is 21.2 Å². The first-order chi connectivity index (χ1) is 9.06. The summed E-state index contributed by atoms with van der Waals surface area (Å²) >= 11 is 4.89. The third-order valence-electron chi connectivity index (χ3n) is 2.82. The molecule has 1 atom stereocenters. The van der Waals surface area contributed by atoms with Gasteiger partial charge in [-0.25, -0.2) is 0 Å². The second-order valence-corrected chi connectivity index (χ2v) is 6.65. The Labute approximate surface area is 125 Å². The van der Waals surface area contributed by atoms with Crippen LogP contribution >= 0.6 is 27.7 Å². The van der Waals surface area contributed by atoms with Crippen LogP contribution in [0.3, 0.4) is 0 Å². The van der Waals surface area contributed by atoms with E-state index < -0.39 is 0 Å². The lowest BCUT2D eigenvalue weighted by molar-refractivity contribution is -0.137. The maximum absolute atomic E-state index is 12.2. The smallest absolute Gasteiger partial charge is 0.239 e. The van der Waals surface area contributed by atoms with E-state index in [0.717, 1.165) is 9.37 Å². The second-order valence-electron chi connectivity index (χ2n) is 4.32. The molecule has 1 N–H and O–H groups in total. The highest BCUT2D eigenvalue weighted by Gasteiger charge is 2.25. The third kappa shape index (κ3) is 3.98. The van der Waals surface area contributed by atoms with Crippen LogP contribution in [0.1, 0.15) is 6.92 Å². The molecule has 19 heavy (non-hydrogen) atoms. The molecule has 0 aromatic heterocycles. The molecule has 1 aromatic carbocycles. The minimum Gasteiger partial charge on any atom is -0.353 e. The van der Waals surface area contributed by atoms with Crippen LogP contribution < -0.4 is 5.32 Å². The summed E-state index contributed by atoms with van der Waals surface area (Å²) in [6.45, 7) is 3.18. The van der Waals surface area contributed by atoms with Gasteiger partial charge in [0, 0.05) is 22.5 Å². The zero-order valence-corrected chi connectivity index (χ0v) is 13.0. The Morgan fingerprint density at radius 2 is 2.11 bits per heavy atom. The average molecular weight is 343 g/mol. The molecule has 1 heterocycles. The molecular weight excluding hydrogens is 328 g/mol. The van der Waals surface area contributed by atoms with Crippen molar-refractivity contribution in [3.8, 4) is 0 Å². The predicted octanol–water partition coefficient (Wildman–Crippen LogP) is 1.89. The van der Waals surface area contributed by atoms with Crippen molar-refractivity contribution in [2.45, 2.75) is 17.1 Å². The molecule has 0 saturated carbocycles. The summed E-state index contributed by atoms with van der Waals surface area (Å²) in [6.07, 6.45) is 0. The molecule has 2 rings (SSSR count). The van der Waals surface area contributed by atoms with E-state index in [-0.39, 0.29) is 23.6 Å². The molecule has 1 aliphatic heterocycles. The number of carbonyl (C=O) groups is 2. The summed E-state index contributed by atoms with van der Waals surface area (Å²) in [5.74, 6) is -0.0665. The van der Waals surface area contributed by atoms with Crippen molar-refractivity contribution in [3.63, 3.8) is 0 Å². The molecule has 4 nitrogen and oxygen atoms in total. The highest BCUT2D eigenvalue weighted by Crippen LogP contribution is 2.26. The van der Waals surface area contributed by atoms with Crippen LogP contribution in [0, 0.1) is 0 Å². The number of rotatable bonds is 3. The highest BCUT2D eigenvalue weighted by atomic mass is 79.9. The molecule has 1 saturated heterocycles. The van der Waals surface area contributed by atoms with Gasteiger partial charge in [-0.3, -0.25) is 9.59 Å². The van der Waals surface area contributed by atoms with Crippen molar-refractivity contribution in [1.29, 1.82) is 0 Å². The van der Waals surface area contributed by atoms with Crippen molar-refractivity contribution >= 4 is 39.5 Å². The number of amides is 2. The molecule has 0 radical (unpaired) electrons. The lowest BCUT2D eigenvalue weighted by Gasteiger charge is -2.28. The van der Waals surface area contributed by atoms with E-state index in [9.17, 15) is 9.59 Å². The molecule has 6 heteroatoms. The van der Waals surface area contributed by atoms with Gasteiger partial charge in [0.1, 0.15) is 0 Å². The normalized spacial score (nSPS) is 16.9. The van der Waals surface area contributed by atoms with Gasteiger partial charge in [-0.05, 0) is 31.2 Å². The van der Waals surface area contributed by atoms with Crippen LogP contribution in [0.2, 0.25) is 0 Å². The first-order valence-corrected chi connectivity index (χ1v) is 7.71. The molecule has 102 valence electrons. The maximum atomic E-state index is 12.2. The van der Waals surface area contributed by atoms with Crippen LogP contribution in [-0.4, -0.2) is 41.6 Å².